The summed E-state index contributed by atoms with van der Waals surface area (Å²) in [6, 6.07) is 31.5. The topological polar surface area (TPSA) is 83.7 Å². The van der Waals surface area contributed by atoms with Crippen molar-refractivity contribution in [2.75, 3.05) is 36.5 Å². The van der Waals surface area contributed by atoms with Gasteiger partial charge in [-0.15, -0.1) is 0 Å². The maximum atomic E-state index is 13.0. The van der Waals surface area contributed by atoms with Crippen molar-refractivity contribution < 1.29 is 13.9 Å². The zero-order valence-electron chi connectivity index (χ0n) is 22.9. The van der Waals surface area contributed by atoms with E-state index in [1.54, 1.807) is 6.20 Å². The van der Waals surface area contributed by atoms with Gasteiger partial charge in [-0.3, -0.25) is 14.6 Å². The van der Waals surface area contributed by atoms with E-state index < -0.39 is 0 Å². The largest absolute Gasteiger partial charge is 0.454 e. The Kier molecular flexibility index (Phi) is 7.05. The summed E-state index contributed by atoms with van der Waals surface area (Å²) in [5.74, 6) is 0.548. The van der Waals surface area contributed by atoms with E-state index in [0.717, 1.165) is 66.2 Å². The smallest absolute Gasteiger partial charge is 0.255 e. The van der Waals surface area contributed by atoms with Crippen LogP contribution in [0.2, 0.25) is 0 Å². The number of nitrogens with zero attached hydrogens (tertiary/aromatic N) is 4. The fourth-order valence-corrected chi connectivity index (χ4v) is 5.40. The van der Waals surface area contributed by atoms with Crippen molar-refractivity contribution in [1.29, 1.82) is 0 Å². The van der Waals surface area contributed by atoms with Crippen molar-refractivity contribution in [3.05, 3.63) is 121 Å². The van der Waals surface area contributed by atoms with Gasteiger partial charge in [-0.25, -0.2) is 9.97 Å². The zero-order valence-corrected chi connectivity index (χ0v) is 22.9. The highest BCUT2D eigenvalue weighted by Crippen LogP contribution is 2.41. The van der Waals surface area contributed by atoms with E-state index >= 15 is 0 Å². The molecular weight excluding hydrogens is 526 g/mol. The summed E-state index contributed by atoms with van der Waals surface area (Å²) in [5, 5.41) is 5.11. The Balaban J connectivity index is 1.14. The van der Waals surface area contributed by atoms with Gasteiger partial charge in [-0.1, -0.05) is 42.5 Å². The van der Waals surface area contributed by atoms with Crippen molar-refractivity contribution in [3.8, 4) is 0 Å². The van der Waals surface area contributed by atoms with E-state index in [2.05, 4.69) is 32.3 Å². The summed E-state index contributed by atoms with van der Waals surface area (Å²) < 4.78 is 11.8. The lowest BCUT2D eigenvalue weighted by atomic mass is 10.1. The molecule has 8 nitrogen and oxygen atoms in total. The second-order valence-corrected chi connectivity index (χ2v) is 10.2. The molecule has 2 aromatic heterocycles. The SMILES string of the molecule is O=C(Nc1ccc(N(c2ccncn2)c2cccc3c2oc2ccccc23)cc1)c1ccc(CN2CCOCC2)cc1. The zero-order chi connectivity index (χ0) is 28.3. The molecule has 0 saturated carbocycles. The number of furan rings is 1. The number of para-hydroxylation sites is 2. The molecule has 1 saturated heterocycles. The number of amides is 1. The predicted molar refractivity (Wildman–Crippen MR) is 164 cm³/mol. The fraction of sp³-hybridized carbons (Fsp3) is 0.147. The fourth-order valence-electron chi connectivity index (χ4n) is 5.40. The number of nitrogens with one attached hydrogen (secondary N) is 1. The van der Waals surface area contributed by atoms with Crippen molar-refractivity contribution in [2.45, 2.75) is 6.54 Å². The number of aromatic nitrogens is 2. The first-order valence-electron chi connectivity index (χ1n) is 14.0. The van der Waals surface area contributed by atoms with Crippen LogP contribution in [0.1, 0.15) is 15.9 Å². The predicted octanol–water partition coefficient (Wildman–Crippen LogP) is 6.93. The molecular formula is C34H29N5O3. The standard InChI is InChI=1S/C34H29N5O3/c40-34(25-10-8-24(9-11-25)22-38-18-20-41-21-19-38)37-26-12-14-27(15-13-26)39(32-16-17-35-23-36-32)30-6-3-5-29-28-4-1-2-7-31(28)42-33(29)30/h1-17,23H,18-22H2,(H,37,40). The highest BCUT2D eigenvalue weighted by atomic mass is 16.5. The Morgan fingerprint density at radius 1 is 0.857 bits per heavy atom. The van der Waals surface area contributed by atoms with Crippen LogP contribution in [0.3, 0.4) is 0 Å². The molecule has 0 bridgehead atoms. The summed E-state index contributed by atoms with van der Waals surface area (Å²) in [5.41, 5.74) is 5.82. The van der Waals surface area contributed by atoms with Crippen LogP contribution < -0.4 is 10.2 Å². The molecule has 4 aromatic carbocycles. The second-order valence-electron chi connectivity index (χ2n) is 10.2. The quantitative estimate of drug-likeness (QED) is 0.229. The number of hydrogen-bond donors (Lipinski definition) is 1. The third-order valence-electron chi connectivity index (χ3n) is 7.53. The molecule has 42 heavy (non-hydrogen) atoms. The van der Waals surface area contributed by atoms with E-state index in [1.807, 2.05) is 89.8 Å². The Labute approximate surface area is 243 Å². The number of rotatable bonds is 7. The van der Waals surface area contributed by atoms with Crippen LogP contribution in [0.25, 0.3) is 21.9 Å². The van der Waals surface area contributed by atoms with Gasteiger partial charge in [0.2, 0.25) is 0 Å². The molecule has 0 atom stereocenters. The molecule has 3 heterocycles. The van der Waals surface area contributed by atoms with Gasteiger partial charge in [0.05, 0.1) is 18.9 Å². The van der Waals surface area contributed by atoms with Crippen LogP contribution >= 0.6 is 0 Å². The number of benzene rings is 4. The van der Waals surface area contributed by atoms with Gasteiger partial charge in [0, 0.05) is 53.5 Å². The molecule has 1 aliphatic rings. The van der Waals surface area contributed by atoms with Crippen LogP contribution in [0, 0.1) is 0 Å². The molecule has 1 fully saturated rings. The Bertz CT molecular complexity index is 1830. The van der Waals surface area contributed by atoms with Crippen LogP contribution in [-0.4, -0.2) is 47.1 Å². The first-order chi connectivity index (χ1) is 20.7. The van der Waals surface area contributed by atoms with E-state index in [-0.39, 0.29) is 5.91 Å². The van der Waals surface area contributed by atoms with Crippen LogP contribution in [0.15, 0.2) is 114 Å². The lowest BCUT2D eigenvalue weighted by Crippen LogP contribution is -2.35. The van der Waals surface area contributed by atoms with Crippen molar-refractivity contribution in [2.24, 2.45) is 0 Å². The molecule has 208 valence electrons. The molecule has 8 heteroatoms. The molecule has 0 radical (unpaired) electrons. The number of ether oxygens (including phenoxy) is 1. The number of fused-ring (bicyclic) bond motifs is 3. The summed E-state index contributed by atoms with van der Waals surface area (Å²) in [6.45, 7) is 4.26. The minimum absolute atomic E-state index is 0.152. The molecule has 1 amide bonds. The van der Waals surface area contributed by atoms with Gasteiger partial charge >= 0.3 is 0 Å². The maximum absolute atomic E-state index is 13.0. The van der Waals surface area contributed by atoms with Crippen LogP contribution in [0.4, 0.5) is 22.9 Å². The molecule has 0 spiro atoms. The molecule has 1 aliphatic heterocycles. The summed E-state index contributed by atoms with van der Waals surface area (Å²) in [7, 11) is 0. The molecule has 0 unspecified atom stereocenters. The Morgan fingerprint density at radius 3 is 2.43 bits per heavy atom. The molecule has 0 aliphatic carbocycles. The van der Waals surface area contributed by atoms with Crippen molar-refractivity contribution >= 4 is 50.7 Å². The van der Waals surface area contributed by atoms with E-state index in [9.17, 15) is 4.79 Å². The van der Waals surface area contributed by atoms with Gasteiger partial charge in [0.25, 0.3) is 5.91 Å². The highest BCUT2D eigenvalue weighted by Gasteiger charge is 2.20. The normalized spacial score (nSPS) is 13.8. The highest BCUT2D eigenvalue weighted by molar-refractivity contribution is 6.10. The summed E-state index contributed by atoms with van der Waals surface area (Å²) in [4.78, 5) is 26.1. The monoisotopic (exact) mass is 555 g/mol. The van der Waals surface area contributed by atoms with Crippen LogP contribution in [-0.2, 0) is 11.3 Å². The number of hydrogen-bond acceptors (Lipinski definition) is 7. The van der Waals surface area contributed by atoms with E-state index in [4.69, 9.17) is 9.15 Å². The summed E-state index contributed by atoms with van der Waals surface area (Å²) in [6.07, 6.45) is 3.25. The average molecular weight is 556 g/mol. The lowest BCUT2D eigenvalue weighted by molar-refractivity contribution is 0.0342. The third kappa shape index (κ3) is 5.21. The van der Waals surface area contributed by atoms with Gasteiger partial charge < -0.3 is 14.5 Å². The van der Waals surface area contributed by atoms with E-state index in [0.29, 0.717) is 17.1 Å². The first-order valence-corrected chi connectivity index (χ1v) is 14.0. The molecule has 1 N–H and O–H groups in total. The lowest BCUT2D eigenvalue weighted by Gasteiger charge is -2.26. The summed E-state index contributed by atoms with van der Waals surface area (Å²) >= 11 is 0. The van der Waals surface area contributed by atoms with Gasteiger partial charge in [0.15, 0.2) is 5.58 Å². The molecule has 6 aromatic rings. The van der Waals surface area contributed by atoms with E-state index in [1.165, 1.54) is 11.9 Å². The first kappa shape index (κ1) is 25.9. The third-order valence-corrected chi connectivity index (χ3v) is 7.53. The van der Waals surface area contributed by atoms with Gasteiger partial charge in [0.1, 0.15) is 17.7 Å². The Morgan fingerprint density at radius 2 is 1.64 bits per heavy atom. The second kappa shape index (κ2) is 11.4. The minimum atomic E-state index is -0.152. The van der Waals surface area contributed by atoms with Gasteiger partial charge in [-0.2, -0.15) is 0 Å². The number of carbonyl (C=O) groups is 1. The minimum Gasteiger partial charge on any atom is -0.454 e. The number of carbonyl (C=O) groups excluding carboxylic acids is 1. The number of morpholine rings is 1. The molecule has 7 rings (SSSR count). The van der Waals surface area contributed by atoms with Crippen molar-refractivity contribution in [1.82, 2.24) is 14.9 Å². The van der Waals surface area contributed by atoms with Crippen molar-refractivity contribution in [3.63, 3.8) is 0 Å². The Hall–Kier alpha value is -5.05. The average Bonchev–Trinajstić information content (AvgIpc) is 3.43. The van der Waals surface area contributed by atoms with Crippen LogP contribution in [0.5, 0.6) is 0 Å². The maximum Gasteiger partial charge on any atom is 0.255 e. The van der Waals surface area contributed by atoms with Gasteiger partial charge in [-0.05, 0) is 60.2 Å². The number of anilines is 4.